The summed E-state index contributed by atoms with van der Waals surface area (Å²) in [5.41, 5.74) is -0.993. The minimum absolute atomic E-state index is 0.00134. The molecule has 1 aliphatic rings. The highest BCUT2D eigenvalue weighted by molar-refractivity contribution is 7.89. The maximum absolute atomic E-state index is 11.7. The number of nitrogens with one attached hydrogen (secondary N) is 3. The summed E-state index contributed by atoms with van der Waals surface area (Å²) in [6.45, 7) is 1.10. The number of β-amino-alcohol motifs (C(OH)–C–C–N with tert-alkyl or cyclic N) is 1. The lowest BCUT2D eigenvalue weighted by molar-refractivity contribution is 0.0667. The summed E-state index contributed by atoms with van der Waals surface area (Å²) < 4.78 is 25.7. The van der Waals surface area contributed by atoms with Gasteiger partial charge in [0.2, 0.25) is 0 Å². The minimum Gasteiger partial charge on any atom is -0.387 e. The third-order valence-corrected chi connectivity index (χ3v) is 3.91. The molecule has 1 fully saturated rings. The van der Waals surface area contributed by atoms with E-state index in [2.05, 4.69) is 20.2 Å². The number of H-pyrrole nitrogens is 1. The molecule has 0 aromatic carbocycles. The molecule has 1 atom stereocenters. The first-order valence-electron chi connectivity index (χ1n) is 4.94. The average Bonchev–Trinajstić information content (AvgIpc) is 2.86. The van der Waals surface area contributed by atoms with Crippen LogP contribution in [-0.4, -0.2) is 49.0 Å². The summed E-state index contributed by atoms with van der Waals surface area (Å²) in [5, 5.41) is 18.9. The standard InChI is InChI=1S/C8H14N4O3S/c13-8(2-4-9-5-8)6-11-16(14,15)7-1-3-10-12-7/h1,3,9,11,13H,2,4-6H2,(H,10,12). The molecule has 4 N–H and O–H groups in total. The number of aromatic amines is 1. The van der Waals surface area contributed by atoms with Crippen molar-refractivity contribution >= 4 is 10.0 Å². The van der Waals surface area contributed by atoms with Gasteiger partial charge < -0.3 is 10.4 Å². The molecule has 16 heavy (non-hydrogen) atoms. The van der Waals surface area contributed by atoms with Crippen LogP contribution < -0.4 is 10.0 Å². The molecule has 0 saturated carbocycles. The van der Waals surface area contributed by atoms with Crippen molar-refractivity contribution in [3.8, 4) is 0 Å². The van der Waals surface area contributed by atoms with Crippen molar-refractivity contribution < 1.29 is 13.5 Å². The third kappa shape index (κ3) is 2.40. The van der Waals surface area contributed by atoms with Gasteiger partial charge in [-0.05, 0) is 19.0 Å². The van der Waals surface area contributed by atoms with E-state index in [9.17, 15) is 13.5 Å². The van der Waals surface area contributed by atoms with Crippen molar-refractivity contribution in [3.05, 3.63) is 12.3 Å². The fraction of sp³-hybridized carbons (Fsp3) is 0.625. The van der Waals surface area contributed by atoms with Crippen molar-refractivity contribution in [3.63, 3.8) is 0 Å². The number of nitrogens with zero attached hydrogens (tertiary/aromatic N) is 1. The molecule has 1 saturated heterocycles. The Morgan fingerprint density at radius 1 is 1.62 bits per heavy atom. The van der Waals surface area contributed by atoms with E-state index in [-0.39, 0.29) is 11.6 Å². The first kappa shape index (κ1) is 11.5. The molecular formula is C8H14N4O3S. The maximum atomic E-state index is 11.7. The number of rotatable bonds is 4. The zero-order valence-electron chi connectivity index (χ0n) is 8.60. The quantitative estimate of drug-likeness (QED) is 0.512. The Balaban J connectivity index is 2.00. The largest absolute Gasteiger partial charge is 0.387 e. The first-order chi connectivity index (χ1) is 7.52. The molecule has 1 unspecified atom stereocenters. The molecule has 0 spiro atoms. The zero-order valence-corrected chi connectivity index (χ0v) is 9.42. The smallest absolute Gasteiger partial charge is 0.257 e. The van der Waals surface area contributed by atoms with Crippen LogP contribution in [0.4, 0.5) is 0 Å². The molecule has 1 aromatic rings. The molecule has 1 aliphatic heterocycles. The lowest BCUT2D eigenvalue weighted by atomic mass is 10.1. The van der Waals surface area contributed by atoms with Gasteiger partial charge in [0.1, 0.15) is 0 Å². The molecular weight excluding hydrogens is 232 g/mol. The van der Waals surface area contributed by atoms with Crippen LogP contribution in [-0.2, 0) is 10.0 Å². The number of aliphatic hydroxyl groups is 1. The van der Waals surface area contributed by atoms with Crippen LogP contribution in [0.15, 0.2) is 17.3 Å². The van der Waals surface area contributed by atoms with Crippen molar-refractivity contribution in [2.45, 2.75) is 17.0 Å². The van der Waals surface area contributed by atoms with Gasteiger partial charge in [-0.15, -0.1) is 0 Å². The van der Waals surface area contributed by atoms with E-state index in [1.807, 2.05) is 0 Å². The third-order valence-electron chi connectivity index (χ3n) is 2.58. The second-order valence-corrected chi connectivity index (χ2v) is 5.63. The summed E-state index contributed by atoms with van der Waals surface area (Å²) in [4.78, 5) is 0. The van der Waals surface area contributed by atoms with Crippen LogP contribution in [0.5, 0.6) is 0 Å². The molecule has 0 bridgehead atoms. The first-order valence-corrected chi connectivity index (χ1v) is 6.42. The van der Waals surface area contributed by atoms with Gasteiger partial charge in [-0.25, -0.2) is 13.1 Å². The van der Waals surface area contributed by atoms with E-state index in [4.69, 9.17) is 0 Å². The number of sulfonamides is 1. The second kappa shape index (κ2) is 4.13. The van der Waals surface area contributed by atoms with Crippen molar-refractivity contribution in [1.29, 1.82) is 0 Å². The van der Waals surface area contributed by atoms with E-state index in [0.717, 1.165) is 0 Å². The summed E-state index contributed by atoms with van der Waals surface area (Å²) in [5.74, 6) is 0. The van der Waals surface area contributed by atoms with Crippen LogP contribution in [0.25, 0.3) is 0 Å². The van der Waals surface area contributed by atoms with Crippen LogP contribution in [0.3, 0.4) is 0 Å². The van der Waals surface area contributed by atoms with Gasteiger partial charge in [0.05, 0.1) is 11.8 Å². The van der Waals surface area contributed by atoms with Crippen LogP contribution in [0, 0.1) is 0 Å². The van der Waals surface area contributed by atoms with Crippen LogP contribution in [0.2, 0.25) is 0 Å². The Morgan fingerprint density at radius 3 is 3.00 bits per heavy atom. The normalized spacial score (nSPS) is 26.1. The average molecular weight is 246 g/mol. The lowest BCUT2D eigenvalue weighted by Gasteiger charge is -2.21. The van der Waals surface area contributed by atoms with Crippen molar-refractivity contribution in [1.82, 2.24) is 20.2 Å². The Morgan fingerprint density at radius 2 is 2.44 bits per heavy atom. The van der Waals surface area contributed by atoms with E-state index in [1.165, 1.54) is 12.3 Å². The van der Waals surface area contributed by atoms with Crippen LogP contribution in [0.1, 0.15) is 6.42 Å². The highest BCUT2D eigenvalue weighted by atomic mass is 32.2. The molecule has 8 heteroatoms. The molecule has 2 heterocycles. The van der Waals surface area contributed by atoms with Gasteiger partial charge in [0.25, 0.3) is 10.0 Å². The van der Waals surface area contributed by atoms with E-state index in [0.29, 0.717) is 19.5 Å². The minimum atomic E-state index is -3.60. The fourth-order valence-electron chi connectivity index (χ4n) is 1.58. The molecule has 0 aliphatic carbocycles. The molecule has 7 nitrogen and oxygen atoms in total. The molecule has 2 rings (SSSR count). The Kier molecular flexibility index (Phi) is 2.98. The van der Waals surface area contributed by atoms with Gasteiger partial charge in [-0.3, -0.25) is 5.10 Å². The monoisotopic (exact) mass is 246 g/mol. The van der Waals surface area contributed by atoms with E-state index >= 15 is 0 Å². The number of hydrogen-bond acceptors (Lipinski definition) is 5. The van der Waals surface area contributed by atoms with Gasteiger partial charge in [0, 0.05) is 13.1 Å². The Hall–Kier alpha value is -0.960. The van der Waals surface area contributed by atoms with Crippen molar-refractivity contribution in [2.24, 2.45) is 0 Å². The molecule has 0 amide bonds. The van der Waals surface area contributed by atoms with Gasteiger partial charge >= 0.3 is 0 Å². The SMILES string of the molecule is O=S(=O)(NCC1(O)CCNC1)c1ccn[nH]1. The lowest BCUT2D eigenvalue weighted by Crippen LogP contribution is -2.44. The van der Waals surface area contributed by atoms with Crippen molar-refractivity contribution in [2.75, 3.05) is 19.6 Å². The highest BCUT2D eigenvalue weighted by Gasteiger charge is 2.32. The maximum Gasteiger partial charge on any atom is 0.257 e. The highest BCUT2D eigenvalue weighted by Crippen LogP contribution is 2.14. The zero-order chi connectivity index (χ0) is 11.6. The molecule has 0 radical (unpaired) electrons. The summed E-state index contributed by atoms with van der Waals surface area (Å²) in [7, 11) is -3.60. The second-order valence-electron chi connectivity index (χ2n) is 3.90. The van der Waals surface area contributed by atoms with Gasteiger partial charge in [-0.1, -0.05) is 0 Å². The Bertz CT molecular complexity index is 436. The van der Waals surface area contributed by atoms with Gasteiger partial charge in [0.15, 0.2) is 5.03 Å². The summed E-state index contributed by atoms with van der Waals surface area (Å²) in [6, 6.07) is 1.36. The van der Waals surface area contributed by atoms with Gasteiger partial charge in [-0.2, -0.15) is 5.10 Å². The Labute approximate surface area is 93.3 Å². The molecule has 1 aromatic heterocycles. The van der Waals surface area contributed by atoms with E-state index in [1.54, 1.807) is 0 Å². The van der Waals surface area contributed by atoms with E-state index < -0.39 is 15.6 Å². The summed E-state index contributed by atoms with van der Waals surface area (Å²) >= 11 is 0. The fourth-order valence-corrected chi connectivity index (χ4v) is 2.61. The molecule has 90 valence electrons. The predicted octanol–water partition coefficient (Wildman–Crippen LogP) is -1.59. The predicted molar refractivity (Wildman–Crippen MR) is 56.2 cm³/mol. The summed E-state index contributed by atoms with van der Waals surface area (Å²) in [6.07, 6.45) is 1.90. The van der Waals surface area contributed by atoms with Crippen LogP contribution >= 0.6 is 0 Å². The number of aromatic nitrogens is 2. The topological polar surface area (TPSA) is 107 Å². The number of hydrogen-bond donors (Lipinski definition) is 4.